The molecule has 0 aromatic heterocycles. The van der Waals surface area contributed by atoms with Crippen LogP contribution in [0.25, 0.3) is 0 Å². The Kier molecular flexibility index (Phi) is 8.21. The minimum Gasteiger partial charge on any atom is -0.463 e. The fourth-order valence-electron chi connectivity index (χ4n) is 1.50. The first-order valence-electron chi connectivity index (χ1n) is 6.11. The Hall–Kier alpha value is -0.610. The Morgan fingerprint density at radius 1 is 1.12 bits per heavy atom. The third-order valence-electron chi connectivity index (χ3n) is 2.99. The fraction of sp³-hybridized carbons (Fsp3) is 0.917. The van der Waals surface area contributed by atoms with E-state index < -0.39 is 5.41 Å². The summed E-state index contributed by atoms with van der Waals surface area (Å²) in [6, 6.07) is 0. The molecule has 2 N–H and O–H groups in total. The minimum atomic E-state index is -0.509. The normalized spacial score (nSPS) is 11.5. The summed E-state index contributed by atoms with van der Waals surface area (Å²) in [5.41, 5.74) is 5.14. The number of hydrogen-bond acceptors (Lipinski definition) is 4. The lowest BCUT2D eigenvalue weighted by molar-refractivity contribution is -0.157. The molecule has 0 unspecified atom stereocenters. The molecule has 16 heavy (non-hydrogen) atoms. The summed E-state index contributed by atoms with van der Waals surface area (Å²) in [7, 11) is 0. The summed E-state index contributed by atoms with van der Waals surface area (Å²) in [6.07, 6.45) is 2.41. The second kappa shape index (κ2) is 8.53. The number of esters is 1. The van der Waals surface area contributed by atoms with Crippen molar-refractivity contribution < 1.29 is 14.3 Å². The lowest BCUT2D eigenvalue weighted by Gasteiger charge is -2.27. The molecule has 96 valence electrons. The van der Waals surface area contributed by atoms with Crippen molar-refractivity contribution in [2.75, 3.05) is 26.4 Å². The molecule has 0 spiro atoms. The molecule has 0 atom stereocenters. The van der Waals surface area contributed by atoms with Gasteiger partial charge in [-0.05, 0) is 19.3 Å². The van der Waals surface area contributed by atoms with E-state index in [0.717, 1.165) is 6.42 Å². The van der Waals surface area contributed by atoms with E-state index in [0.29, 0.717) is 39.2 Å². The highest BCUT2D eigenvalue weighted by molar-refractivity contribution is 5.77. The van der Waals surface area contributed by atoms with Crippen molar-refractivity contribution in [1.82, 2.24) is 0 Å². The molecule has 0 aliphatic carbocycles. The maximum atomic E-state index is 11.8. The van der Waals surface area contributed by atoms with Crippen LogP contribution in [0.2, 0.25) is 0 Å². The highest BCUT2D eigenvalue weighted by Gasteiger charge is 2.34. The van der Waals surface area contributed by atoms with Gasteiger partial charge in [-0.2, -0.15) is 0 Å². The molecule has 4 nitrogen and oxygen atoms in total. The van der Waals surface area contributed by atoms with Crippen LogP contribution in [0.3, 0.4) is 0 Å². The smallest absolute Gasteiger partial charge is 0.313 e. The summed E-state index contributed by atoms with van der Waals surface area (Å²) in [4.78, 5) is 11.8. The molecule has 0 amide bonds. The first kappa shape index (κ1) is 15.4. The molecular formula is C12H25NO3. The number of carbonyl (C=O) groups is 1. The average molecular weight is 231 g/mol. The van der Waals surface area contributed by atoms with Gasteiger partial charge < -0.3 is 15.2 Å². The first-order valence-corrected chi connectivity index (χ1v) is 6.11. The van der Waals surface area contributed by atoms with Gasteiger partial charge in [0, 0.05) is 13.2 Å². The van der Waals surface area contributed by atoms with Crippen molar-refractivity contribution in [3.63, 3.8) is 0 Å². The average Bonchev–Trinajstić information content (AvgIpc) is 2.32. The Morgan fingerprint density at radius 2 is 1.75 bits per heavy atom. The number of hydrogen-bond donors (Lipinski definition) is 1. The highest BCUT2D eigenvalue weighted by atomic mass is 16.6. The molecule has 0 radical (unpaired) electrons. The Morgan fingerprint density at radius 3 is 2.19 bits per heavy atom. The molecule has 0 rings (SSSR count). The van der Waals surface area contributed by atoms with E-state index in [1.165, 1.54) is 0 Å². The SMILES string of the molecule is CCCOCCOC(=O)C(CC)(CC)CN. The van der Waals surface area contributed by atoms with Crippen molar-refractivity contribution in [3.8, 4) is 0 Å². The predicted molar refractivity (Wildman–Crippen MR) is 64.1 cm³/mol. The van der Waals surface area contributed by atoms with Crippen LogP contribution in [-0.4, -0.2) is 32.3 Å². The zero-order valence-corrected chi connectivity index (χ0v) is 10.8. The topological polar surface area (TPSA) is 61.5 Å². The van der Waals surface area contributed by atoms with Gasteiger partial charge in [0.1, 0.15) is 6.61 Å². The summed E-state index contributed by atoms with van der Waals surface area (Å²) in [5.74, 6) is -0.194. The molecule has 0 heterocycles. The lowest BCUT2D eigenvalue weighted by atomic mass is 9.82. The van der Waals surface area contributed by atoms with Crippen molar-refractivity contribution in [1.29, 1.82) is 0 Å². The summed E-state index contributed by atoms with van der Waals surface area (Å²) in [6.45, 7) is 7.81. The van der Waals surface area contributed by atoms with Crippen LogP contribution in [-0.2, 0) is 14.3 Å². The van der Waals surface area contributed by atoms with Crippen LogP contribution >= 0.6 is 0 Å². The van der Waals surface area contributed by atoms with Crippen LogP contribution in [0.15, 0.2) is 0 Å². The first-order chi connectivity index (χ1) is 7.66. The number of rotatable bonds is 9. The minimum absolute atomic E-state index is 0.194. The molecule has 0 bridgehead atoms. The zero-order valence-electron chi connectivity index (χ0n) is 10.8. The third kappa shape index (κ3) is 4.49. The molecule has 0 aliphatic heterocycles. The Balaban J connectivity index is 3.93. The van der Waals surface area contributed by atoms with Crippen LogP contribution in [0.5, 0.6) is 0 Å². The number of carbonyl (C=O) groups excluding carboxylic acids is 1. The molecule has 4 heteroatoms. The molecule has 0 aromatic carbocycles. The third-order valence-corrected chi connectivity index (χ3v) is 2.99. The van der Waals surface area contributed by atoms with E-state index in [1.54, 1.807) is 0 Å². The van der Waals surface area contributed by atoms with E-state index in [2.05, 4.69) is 0 Å². The van der Waals surface area contributed by atoms with E-state index in [-0.39, 0.29) is 5.97 Å². The van der Waals surface area contributed by atoms with Gasteiger partial charge in [-0.25, -0.2) is 0 Å². The molecule has 0 fully saturated rings. The fourth-order valence-corrected chi connectivity index (χ4v) is 1.50. The van der Waals surface area contributed by atoms with Gasteiger partial charge in [0.05, 0.1) is 12.0 Å². The summed E-state index contributed by atoms with van der Waals surface area (Å²) < 4.78 is 10.4. The van der Waals surface area contributed by atoms with Crippen molar-refractivity contribution >= 4 is 5.97 Å². The lowest BCUT2D eigenvalue weighted by Crippen LogP contribution is -2.39. The van der Waals surface area contributed by atoms with Crippen LogP contribution in [0.4, 0.5) is 0 Å². The van der Waals surface area contributed by atoms with Crippen molar-refractivity contribution in [2.45, 2.75) is 40.0 Å². The van der Waals surface area contributed by atoms with Gasteiger partial charge >= 0.3 is 5.97 Å². The maximum absolute atomic E-state index is 11.8. The predicted octanol–water partition coefficient (Wildman–Crippen LogP) is 1.72. The van der Waals surface area contributed by atoms with Crippen molar-refractivity contribution in [3.05, 3.63) is 0 Å². The van der Waals surface area contributed by atoms with Gasteiger partial charge in [0.15, 0.2) is 0 Å². The largest absolute Gasteiger partial charge is 0.463 e. The Labute approximate surface area is 98.5 Å². The number of nitrogens with two attached hydrogens (primary N) is 1. The summed E-state index contributed by atoms with van der Waals surface area (Å²) in [5, 5.41) is 0. The monoisotopic (exact) mass is 231 g/mol. The van der Waals surface area contributed by atoms with Crippen LogP contribution in [0, 0.1) is 5.41 Å². The van der Waals surface area contributed by atoms with Gasteiger partial charge in [-0.1, -0.05) is 20.8 Å². The van der Waals surface area contributed by atoms with Crippen LogP contribution < -0.4 is 5.73 Å². The number of ether oxygens (including phenoxy) is 2. The van der Waals surface area contributed by atoms with E-state index in [9.17, 15) is 4.79 Å². The van der Waals surface area contributed by atoms with E-state index in [4.69, 9.17) is 15.2 Å². The van der Waals surface area contributed by atoms with Crippen LogP contribution in [0.1, 0.15) is 40.0 Å². The second-order valence-electron chi connectivity index (χ2n) is 3.94. The second-order valence-corrected chi connectivity index (χ2v) is 3.94. The molecule has 0 saturated carbocycles. The van der Waals surface area contributed by atoms with E-state index >= 15 is 0 Å². The van der Waals surface area contributed by atoms with E-state index in [1.807, 2.05) is 20.8 Å². The highest BCUT2D eigenvalue weighted by Crippen LogP contribution is 2.26. The Bertz CT molecular complexity index is 182. The van der Waals surface area contributed by atoms with Gasteiger partial charge in [0.2, 0.25) is 0 Å². The van der Waals surface area contributed by atoms with Gasteiger partial charge in [-0.15, -0.1) is 0 Å². The van der Waals surface area contributed by atoms with Gasteiger partial charge in [0.25, 0.3) is 0 Å². The standard InChI is InChI=1S/C12H25NO3/c1-4-7-15-8-9-16-11(14)12(5-2,6-3)10-13/h4-10,13H2,1-3H3. The molecule has 0 aliphatic rings. The molecule has 0 saturated heterocycles. The van der Waals surface area contributed by atoms with Gasteiger partial charge in [-0.3, -0.25) is 4.79 Å². The maximum Gasteiger partial charge on any atom is 0.313 e. The molecular weight excluding hydrogens is 206 g/mol. The molecule has 0 aromatic rings. The summed E-state index contributed by atoms with van der Waals surface area (Å²) >= 11 is 0. The quantitative estimate of drug-likeness (QED) is 0.485. The van der Waals surface area contributed by atoms with Crippen molar-refractivity contribution in [2.24, 2.45) is 11.1 Å². The zero-order chi connectivity index (χ0) is 12.4.